The minimum atomic E-state index is -0.917. The van der Waals surface area contributed by atoms with Gasteiger partial charge in [-0.1, -0.05) is 24.3 Å². The van der Waals surface area contributed by atoms with Crippen molar-refractivity contribution < 1.29 is 9.90 Å². The highest BCUT2D eigenvalue weighted by Gasteiger charge is 2.02. The number of carbonyl (C=O) groups is 1. The van der Waals surface area contributed by atoms with E-state index >= 15 is 0 Å². The fraction of sp³-hybridized carbons (Fsp3) is 0. The first-order valence-electron chi connectivity index (χ1n) is 4.86. The van der Waals surface area contributed by atoms with Crippen LogP contribution < -0.4 is 5.73 Å². The Kier molecular flexibility index (Phi) is 6.23. The maximum Gasteiger partial charge on any atom is 0.335 e. The Morgan fingerprint density at radius 1 is 0.944 bits per heavy atom. The molecule has 0 atom stereocenters. The lowest BCUT2D eigenvalue weighted by Crippen LogP contribution is -1.95. The minimum absolute atomic E-state index is 0. The Hall–Kier alpha value is -1.71. The average molecular weight is 286 g/mol. The first-order chi connectivity index (χ1) is 7.66. The van der Waals surface area contributed by atoms with Gasteiger partial charge in [-0.05, 0) is 35.4 Å². The van der Waals surface area contributed by atoms with E-state index in [1.807, 2.05) is 24.3 Å². The lowest BCUT2D eigenvalue weighted by atomic mass is 10.0. The van der Waals surface area contributed by atoms with Crippen molar-refractivity contribution in [2.45, 2.75) is 0 Å². The molecule has 0 bridgehead atoms. The van der Waals surface area contributed by atoms with E-state index in [0.717, 1.165) is 11.1 Å². The summed E-state index contributed by atoms with van der Waals surface area (Å²) in [6, 6.07) is 14.2. The summed E-state index contributed by atoms with van der Waals surface area (Å²) in [4.78, 5) is 10.7. The van der Waals surface area contributed by atoms with Gasteiger partial charge in [-0.3, -0.25) is 0 Å². The van der Waals surface area contributed by atoms with Crippen LogP contribution in [-0.4, -0.2) is 11.1 Å². The van der Waals surface area contributed by atoms with Crippen molar-refractivity contribution in [3.8, 4) is 11.1 Å². The molecule has 2 aromatic rings. The van der Waals surface area contributed by atoms with E-state index < -0.39 is 5.97 Å². The van der Waals surface area contributed by atoms with Crippen LogP contribution in [0, 0.1) is 0 Å². The van der Waals surface area contributed by atoms with Gasteiger partial charge in [0.05, 0.1) is 5.56 Å². The van der Waals surface area contributed by atoms with Crippen LogP contribution in [0.5, 0.6) is 0 Å². The van der Waals surface area contributed by atoms with Crippen LogP contribution in [0.2, 0.25) is 0 Å². The third kappa shape index (κ3) is 3.65. The summed E-state index contributed by atoms with van der Waals surface area (Å²) >= 11 is 0. The molecule has 96 valence electrons. The number of rotatable bonds is 2. The van der Waals surface area contributed by atoms with Crippen LogP contribution >= 0.6 is 24.8 Å². The van der Waals surface area contributed by atoms with Crippen molar-refractivity contribution >= 4 is 36.5 Å². The summed E-state index contributed by atoms with van der Waals surface area (Å²) in [5.74, 6) is -0.917. The minimum Gasteiger partial charge on any atom is -0.478 e. The zero-order valence-corrected chi connectivity index (χ0v) is 11.0. The molecule has 2 aromatic carbocycles. The molecular formula is C13H13Cl2NO2. The molecular weight excluding hydrogens is 273 g/mol. The van der Waals surface area contributed by atoms with Crippen LogP contribution in [0.3, 0.4) is 0 Å². The van der Waals surface area contributed by atoms with E-state index in [1.54, 1.807) is 24.3 Å². The Morgan fingerprint density at radius 2 is 1.56 bits per heavy atom. The predicted octanol–water partition coefficient (Wildman–Crippen LogP) is 3.48. The van der Waals surface area contributed by atoms with Crippen molar-refractivity contribution in [1.82, 2.24) is 0 Å². The highest BCUT2D eigenvalue weighted by molar-refractivity contribution is 5.88. The predicted molar refractivity (Wildman–Crippen MR) is 77.7 cm³/mol. The van der Waals surface area contributed by atoms with E-state index in [0.29, 0.717) is 5.69 Å². The molecule has 0 spiro atoms. The summed E-state index contributed by atoms with van der Waals surface area (Å²) in [5.41, 5.74) is 8.60. The van der Waals surface area contributed by atoms with Gasteiger partial charge in [-0.2, -0.15) is 0 Å². The number of halogens is 2. The molecule has 0 saturated heterocycles. The molecule has 0 saturated carbocycles. The van der Waals surface area contributed by atoms with Gasteiger partial charge in [0.1, 0.15) is 0 Å². The molecule has 0 amide bonds. The number of benzene rings is 2. The molecule has 0 fully saturated rings. The monoisotopic (exact) mass is 285 g/mol. The van der Waals surface area contributed by atoms with Gasteiger partial charge in [-0.25, -0.2) is 4.79 Å². The van der Waals surface area contributed by atoms with Crippen LogP contribution in [0.15, 0.2) is 48.5 Å². The Balaban J connectivity index is 0.00000144. The summed E-state index contributed by atoms with van der Waals surface area (Å²) < 4.78 is 0. The molecule has 0 aromatic heterocycles. The van der Waals surface area contributed by atoms with Gasteiger partial charge in [0.25, 0.3) is 0 Å². The second-order valence-corrected chi connectivity index (χ2v) is 3.51. The zero-order chi connectivity index (χ0) is 11.5. The number of hydrogen-bond acceptors (Lipinski definition) is 2. The quantitative estimate of drug-likeness (QED) is 0.831. The van der Waals surface area contributed by atoms with Crippen molar-refractivity contribution in [2.24, 2.45) is 0 Å². The number of carboxylic acid groups (broad SMARTS) is 1. The van der Waals surface area contributed by atoms with Gasteiger partial charge in [0.2, 0.25) is 0 Å². The maximum atomic E-state index is 10.7. The fourth-order valence-electron chi connectivity index (χ4n) is 1.52. The highest BCUT2D eigenvalue weighted by Crippen LogP contribution is 2.21. The SMILES string of the molecule is Cl.Cl.Nc1cccc(-c2ccc(C(=O)O)cc2)c1. The standard InChI is InChI=1S/C13H11NO2.2ClH/c14-12-3-1-2-11(8-12)9-4-6-10(7-5-9)13(15)16;;/h1-8H,14H2,(H,15,16);2*1H. The normalized spacial score (nSPS) is 8.89. The molecule has 0 aliphatic carbocycles. The first kappa shape index (κ1) is 16.3. The number of hydrogen-bond donors (Lipinski definition) is 2. The third-order valence-electron chi connectivity index (χ3n) is 2.35. The smallest absolute Gasteiger partial charge is 0.335 e. The van der Waals surface area contributed by atoms with E-state index in [4.69, 9.17) is 10.8 Å². The number of nitrogen functional groups attached to an aromatic ring is 1. The van der Waals surface area contributed by atoms with Gasteiger partial charge in [0.15, 0.2) is 0 Å². The summed E-state index contributed by atoms with van der Waals surface area (Å²) in [6.07, 6.45) is 0. The van der Waals surface area contributed by atoms with E-state index in [1.165, 1.54) is 0 Å². The van der Waals surface area contributed by atoms with Gasteiger partial charge < -0.3 is 10.8 Å². The summed E-state index contributed by atoms with van der Waals surface area (Å²) in [7, 11) is 0. The molecule has 5 heteroatoms. The molecule has 0 aliphatic heterocycles. The summed E-state index contributed by atoms with van der Waals surface area (Å²) in [6.45, 7) is 0. The Bertz CT molecular complexity index is 527. The second kappa shape index (κ2) is 6.89. The van der Waals surface area contributed by atoms with Crippen LogP contribution in [-0.2, 0) is 0 Å². The largest absolute Gasteiger partial charge is 0.478 e. The van der Waals surface area contributed by atoms with Crippen molar-refractivity contribution in [3.63, 3.8) is 0 Å². The molecule has 0 unspecified atom stereocenters. The van der Waals surface area contributed by atoms with E-state index in [9.17, 15) is 4.79 Å². The Morgan fingerprint density at radius 3 is 2.06 bits per heavy atom. The van der Waals surface area contributed by atoms with Crippen LogP contribution in [0.25, 0.3) is 11.1 Å². The molecule has 0 aliphatic rings. The Labute approximate surface area is 117 Å². The first-order valence-corrected chi connectivity index (χ1v) is 4.86. The topological polar surface area (TPSA) is 63.3 Å². The third-order valence-corrected chi connectivity index (χ3v) is 2.35. The molecule has 2 rings (SSSR count). The van der Waals surface area contributed by atoms with Gasteiger partial charge >= 0.3 is 5.97 Å². The van der Waals surface area contributed by atoms with E-state index in [2.05, 4.69) is 0 Å². The number of anilines is 1. The molecule has 18 heavy (non-hydrogen) atoms. The fourth-order valence-corrected chi connectivity index (χ4v) is 1.52. The molecule has 0 radical (unpaired) electrons. The van der Waals surface area contributed by atoms with Crippen LogP contribution in [0.4, 0.5) is 5.69 Å². The second-order valence-electron chi connectivity index (χ2n) is 3.51. The van der Waals surface area contributed by atoms with Crippen LogP contribution in [0.1, 0.15) is 10.4 Å². The lowest BCUT2D eigenvalue weighted by Gasteiger charge is -2.03. The lowest BCUT2D eigenvalue weighted by molar-refractivity contribution is 0.0697. The number of nitrogens with two attached hydrogens (primary N) is 1. The molecule has 3 N–H and O–H groups in total. The average Bonchev–Trinajstić information content (AvgIpc) is 2.29. The highest BCUT2D eigenvalue weighted by atomic mass is 35.5. The van der Waals surface area contributed by atoms with Crippen molar-refractivity contribution in [3.05, 3.63) is 54.1 Å². The summed E-state index contributed by atoms with van der Waals surface area (Å²) in [5, 5.41) is 8.77. The van der Waals surface area contributed by atoms with Crippen molar-refractivity contribution in [1.29, 1.82) is 0 Å². The van der Waals surface area contributed by atoms with Gasteiger partial charge in [0, 0.05) is 5.69 Å². The van der Waals surface area contributed by atoms with Crippen molar-refractivity contribution in [2.75, 3.05) is 5.73 Å². The van der Waals surface area contributed by atoms with Gasteiger partial charge in [-0.15, -0.1) is 24.8 Å². The zero-order valence-electron chi connectivity index (χ0n) is 9.37. The number of carboxylic acids is 1. The molecule has 3 nitrogen and oxygen atoms in total. The van der Waals surface area contributed by atoms with E-state index in [-0.39, 0.29) is 30.4 Å². The maximum absolute atomic E-state index is 10.7. The number of aromatic carboxylic acids is 1. The molecule has 0 heterocycles.